The quantitative estimate of drug-likeness (QED) is 0.186. The second-order valence-electron chi connectivity index (χ2n) is 14.5. The first-order valence-corrected chi connectivity index (χ1v) is 17.3. The molecule has 3 aromatic carbocycles. The van der Waals surface area contributed by atoms with Crippen molar-refractivity contribution < 1.29 is 28.7 Å². The van der Waals surface area contributed by atoms with E-state index in [1.54, 1.807) is 30.3 Å². The minimum Gasteiger partial charge on any atom is -0.493 e. The third kappa shape index (κ3) is 6.67. The van der Waals surface area contributed by atoms with Crippen LogP contribution in [0.15, 0.2) is 60.7 Å². The fraction of sp³-hybridized carbons (Fsp3) is 0.410. The van der Waals surface area contributed by atoms with E-state index in [0.29, 0.717) is 46.2 Å². The maximum atomic E-state index is 13.3. The summed E-state index contributed by atoms with van der Waals surface area (Å²) in [5.41, 5.74) is 2.68. The van der Waals surface area contributed by atoms with Crippen molar-refractivity contribution in [1.82, 2.24) is 15.5 Å². The zero-order valence-corrected chi connectivity index (χ0v) is 29.4. The van der Waals surface area contributed by atoms with Crippen LogP contribution < -0.4 is 20.1 Å². The largest absolute Gasteiger partial charge is 0.493 e. The number of ether oxygens (including phenoxy) is 2. The van der Waals surface area contributed by atoms with Crippen molar-refractivity contribution in [2.24, 2.45) is 10.8 Å². The first-order valence-electron chi connectivity index (χ1n) is 17.0. The molecule has 10 nitrogen and oxygen atoms in total. The van der Waals surface area contributed by atoms with Crippen LogP contribution >= 0.6 is 11.6 Å². The van der Waals surface area contributed by atoms with Gasteiger partial charge in [-0.25, -0.2) is 0 Å². The van der Waals surface area contributed by atoms with Gasteiger partial charge < -0.3 is 19.7 Å². The number of nitrogens with one attached hydrogen (secondary N) is 2. The van der Waals surface area contributed by atoms with Gasteiger partial charge in [-0.2, -0.15) is 5.26 Å². The zero-order chi connectivity index (χ0) is 35.8. The summed E-state index contributed by atoms with van der Waals surface area (Å²) in [6.07, 6.45) is 2.83. The highest BCUT2D eigenvalue weighted by atomic mass is 35.5. The number of nitrogens with zero attached hydrogens (tertiary/aromatic N) is 2. The van der Waals surface area contributed by atoms with Crippen molar-refractivity contribution in [1.29, 1.82) is 5.26 Å². The zero-order valence-electron chi connectivity index (χ0n) is 28.7. The molecule has 2 aliphatic heterocycles. The van der Waals surface area contributed by atoms with E-state index < -0.39 is 11.9 Å². The number of nitriles is 1. The summed E-state index contributed by atoms with van der Waals surface area (Å²) in [6, 6.07) is 19.3. The summed E-state index contributed by atoms with van der Waals surface area (Å²) >= 11 is 6.22. The fourth-order valence-corrected chi connectivity index (χ4v) is 8.15. The van der Waals surface area contributed by atoms with E-state index >= 15 is 0 Å². The van der Waals surface area contributed by atoms with E-state index in [9.17, 15) is 19.2 Å². The topological polar surface area (TPSA) is 138 Å². The molecule has 1 unspecified atom stereocenters. The Kier molecular flexibility index (Phi) is 9.65. The summed E-state index contributed by atoms with van der Waals surface area (Å²) in [5.74, 6) is 0.118. The Labute approximate surface area is 297 Å². The van der Waals surface area contributed by atoms with Crippen molar-refractivity contribution in [2.45, 2.75) is 84.5 Å². The summed E-state index contributed by atoms with van der Waals surface area (Å²) < 4.78 is 12.4. The van der Waals surface area contributed by atoms with Crippen LogP contribution in [0.1, 0.15) is 90.8 Å². The Hall–Kier alpha value is -4.88. The Morgan fingerprint density at radius 2 is 1.78 bits per heavy atom. The minimum atomic E-state index is -0.664. The molecule has 260 valence electrons. The van der Waals surface area contributed by atoms with Gasteiger partial charge in [-0.05, 0) is 67.6 Å². The Morgan fingerprint density at radius 3 is 2.46 bits per heavy atom. The molecule has 11 heteroatoms. The summed E-state index contributed by atoms with van der Waals surface area (Å²) in [6.45, 7) is 9.05. The van der Waals surface area contributed by atoms with Gasteiger partial charge in [0, 0.05) is 46.0 Å². The van der Waals surface area contributed by atoms with Gasteiger partial charge in [-0.1, -0.05) is 57.5 Å². The molecule has 3 aliphatic rings. The van der Waals surface area contributed by atoms with Crippen molar-refractivity contribution in [3.63, 3.8) is 0 Å². The molecular weight excluding hydrogens is 656 g/mol. The van der Waals surface area contributed by atoms with E-state index in [1.807, 2.05) is 30.3 Å². The second-order valence-corrected chi connectivity index (χ2v) is 14.9. The molecule has 6 rings (SSSR count). The average molecular weight is 697 g/mol. The predicted octanol–water partition coefficient (Wildman–Crippen LogP) is 5.99. The number of carbonyl (C=O) groups excluding carboxylic acids is 4. The van der Waals surface area contributed by atoms with Crippen molar-refractivity contribution >= 4 is 35.2 Å². The lowest BCUT2D eigenvalue weighted by atomic mass is 9.49. The van der Waals surface area contributed by atoms with Crippen LogP contribution in [0, 0.1) is 22.2 Å². The number of unbranched alkanes of at least 4 members (excludes halogenated alkanes) is 1. The van der Waals surface area contributed by atoms with Gasteiger partial charge in [0.15, 0.2) is 0 Å². The molecule has 3 aromatic rings. The molecule has 1 saturated heterocycles. The normalized spacial score (nSPS) is 21.8. The highest BCUT2D eigenvalue weighted by Gasteiger charge is 2.64. The molecule has 0 radical (unpaired) electrons. The molecular formula is C39H41ClN4O6. The number of piperidine rings is 1. The van der Waals surface area contributed by atoms with Crippen LogP contribution in [0.2, 0.25) is 5.02 Å². The number of benzene rings is 3. The molecule has 0 spiro atoms. The fourth-order valence-electron chi connectivity index (χ4n) is 7.94. The molecule has 2 fully saturated rings. The number of halogens is 1. The van der Waals surface area contributed by atoms with Gasteiger partial charge in [0.05, 0.1) is 23.7 Å². The van der Waals surface area contributed by atoms with Gasteiger partial charge in [0.25, 0.3) is 11.8 Å². The molecule has 50 heavy (non-hydrogen) atoms. The standard InChI is InChI=1S/C39H41ClN4O6/c1-38(2)36(39(3,4)37(38)50-26-16-15-25(21-41)29(40)20-26)43-33(46)24-13-11-23(12-14-24)8-5-6-19-49-31-10-7-9-27-28(31)22-44(35(27)48)30-17-18-32(45)42-34(30)47/h7,9-16,20,30,36-37H,5-6,8,17-19,22H2,1-4H3,(H,43,46)(H,42,45,47). The molecule has 2 N–H and O–H groups in total. The second kappa shape index (κ2) is 13.8. The molecule has 1 atom stereocenters. The van der Waals surface area contributed by atoms with Gasteiger partial charge in [-0.3, -0.25) is 24.5 Å². The van der Waals surface area contributed by atoms with E-state index in [0.717, 1.165) is 30.4 Å². The number of aryl methyl sites for hydroxylation is 1. The Bertz CT molecular complexity index is 1870. The molecule has 2 heterocycles. The van der Waals surface area contributed by atoms with E-state index in [-0.39, 0.29) is 53.7 Å². The molecule has 0 aromatic heterocycles. The van der Waals surface area contributed by atoms with Gasteiger partial charge >= 0.3 is 0 Å². The molecule has 4 amide bonds. The Balaban J connectivity index is 0.969. The highest BCUT2D eigenvalue weighted by molar-refractivity contribution is 6.31. The number of amides is 4. The van der Waals surface area contributed by atoms with Crippen LogP contribution in [-0.4, -0.2) is 53.3 Å². The Morgan fingerprint density at radius 1 is 1.04 bits per heavy atom. The van der Waals surface area contributed by atoms with Crippen LogP contribution in [0.4, 0.5) is 0 Å². The highest BCUT2D eigenvalue weighted by Crippen LogP contribution is 2.55. The lowest BCUT2D eigenvalue weighted by molar-refractivity contribution is -0.164. The lowest BCUT2D eigenvalue weighted by Crippen LogP contribution is -2.74. The van der Waals surface area contributed by atoms with Gasteiger partial charge in [-0.15, -0.1) is 0 Å². The first-order chi connectivity index (χ1) is 23.8. The number of hydrogen-bond acceptors (Lipinski definition) is 7. The summed E-state index contributed by atoms with van der Waals surface area (Å²) in [5, 5.41) is 15.1. The average Bonchev–Trinajstić information content (AvgIpc) is 3.42. The number of carbonyl (C=O) groups is 4. The lowest BCUT2D eigenvalue weighted by Gasteiger charge is -2.63. The van der Waals surface area contributed by atoms with Crippen LogP contribution in [-0.2, 0) is 22.6 Å². The SMILES string of the molecule is CC1(C)C(NC(=O)c2ccc(CCCCOc3cccc4c3CN(C3CCC(=O)NC3=O)C4=O)cc2)C(C)(C)C1Oc1ccc(C#N)c(Cl)c1. The summed E-state index contributed by atoms with van der Waals surface area (Å²) in [7, 11) is 0. The van der Waals surface area contributed by atoms with E-state index in [2.05, 4.69) is 44.4 Å². The molecule has 0 bridgehead atoms. The molecule has 1 saturated carbocycles. The monoisotopic (exact) mass is 696 g/mol. The number of hydrogen-bond donors (Lipinski definition) is 2. The van der Waals surface area contributed by atoms with Crippen molar-refractivity contribution in [2.75, 3.05) is 6.61 Å². The number of fused-ring (bicyclic) bond motifs is 1. The minimum absolute atomic E-state index is 0.134. The van der Waals surface area contributed by atoms with E-state index in [1.165, 1.54) is 4.90 Å². The summed E-state index contributed by atoms with van der Waals surface area (Å²) in [4.78, 5) is 51.9. The van der Waals surface area contributed by atoms with Crippen LogP contribution in [0.3, 0.4) is 0 Å². The smallest absolute Gasteiger partial charge is 0.255 e. The molecule has 1 aliphatic carbocycles. The number of rotatable bonds is 11. The van der Waals surface area contributed by atoms with Gasteiger partial charge in [0.1, 0.15) is 29.7 Å². The third-order valence-electron chi connectivity index (χ3n) is 10.3. The van der Waals surface area contributed by atoms with Crippen LogP contribution in [0.5, 0.6) is 11.5 Å². The van der Waals surface area contributed by atoms with Gasteiger partial charge in [0.2, 0.25) is 11.8 Å². The third-order valence-corrected chi connectivity index (χ3v) is 10.6. The van der Waals surface area contributed by atoms with Crippen molar-refractivity contribution in [3.8, 4) is 17.6 Å². The maximum absolute atomic E-state index is 13.3. The van der Waals surface area contributed by atoms with Crippen molar-refractivity contribution in [3.05, 3.63) is 93.5 Å². The van der Waals surface area contributed by atoms with E-state index in [4.69, 9.17) is 26.3 Å². The van der Waals surface area contributed by atoms with Crippen LogP contribution in [0.25, 0.3) is 0 Å². The maximum Gasteiger partial charge on any atom is 0.255 e. The predicted molar refractivity (Wildman–Crippen MR) is 187 cm³/mol. The number of imide groups is 1. The first kappa shape index (κ1) is 35.0.